The Balaban J connectivity index is 1.54. The van der Waals surface area contributed by atoms with Crippen LogP contribution in [0.1, 0.15) is 35.4 Å². The van der Waals surface area contributed by atoms with Crippen molar-refractivity contribution in [1.29, 1.82) is 0 Å². The van der Waals surface area contributed by atoms with Gasteiger partial charge in [0.2, 0.25) is 11.8 Å². The van der Waals surface area contributed by atoms with E-state index in [9.17, 15) is 9.59 Å². The van der Waals surface area contributed by atoms with Gasteiger partial charge in [-0.05, 0) is 44.4 Å². The van der Waals surface area contributed by atoms with Crippen LogP contribution in [0.3, 0.4) is 0 Å². The molecular weight excluding hydrogens is 346 g/mol. The van der Waals surface area contributed by atoms with E-state index in [4.69, 9.17) is 15.0 Å². The topological polar surface area (TPSA) is 98.7 Å². The third-order valence-electron chi connectivity index (χ3n) is 5.02. The second-order valence-electron chi connectivity index (χ2n) is 6.99. The number of amides is 2. The first kappa shape index (κ1) is 18.9. The van der Waals surface area contributed by atoms with Crippen molar-refractivity contribution in [3.8, 4) is 5.75 Å². The van der Waals surface area contributed by atoms with E-state index in [1.165, 1.54) is 0 Å². The van der Waals surface area contributed by atoms with Gasteiger partial charge < -0.3 is 19.9 Å². The number of benzene rings is 1. The summed E-state index contributed by atoms with van der Waals surface area (Å²) in [6.45, 7) is 5.24. The molecule has 1 aromatic carbocycles. The van der Waals surface area contributed by atoms with Crippen LogP contribution in [0.2, 0.25) is 0 Å². The minimum absolute atomic E-state index is 0.0188. The van der Waals surface area contributed by atoms with Crippen LogP contribution in [0.25, 0.3) is 0 Å². The summed E-state index contributed by atoms with van der Waals surface area (Å²) in [5.74, 6) is 0.934. The maximum absolute atomic E-state index is 12.5. The highest BCUT2D eigenvalue weighted by molar-refractivity contribution is 5.81. The van der Waals surface area contributed by atoms with Crippen molar-refractivity contribution in [2.45, 2.75) is 39.7 Å². The largest absolute Gasteiger partial charge is 0.489 e. The van der Waals surface area contributed by atoms with Crippen LogP contribution >= 0.6 is 0 Å². The van der Waals surface area contributed by atoms with Crippen molar-refractivity contribution in [2.75, 3.05) is 13.1 Å². The molecule has 0 aliphatic carbocycles. The summed E-state index contributed by atoms with van der Waals surface area (Å²) in [5.41, 5.74) is 8.06. The van der Waals surface area contributed by atoms with E-state index in [-0.39, 0.29) is 17.7 Å². The average molecular weight is 371 g/mol. The number of hydrogen-bond acceptors (Lipinski definition) is 5. The fourth-order valence-electron chi connectivity index (χ4n) is 3.29. The van der Waals surface area contributed by atoms with E-state index in [1.807, 2.05) is 38.1 Å². The molecule has 1 atom stereocenters. The Morgan fingerprint density at radius 3 is 2.67 bits per heavy atom. The molecule has 144 valence electrons. The van der Waals surface area contributed by atoms with Gasteiger partial charge in [-0.3, -0.25) is 9.59 Å². The van der Waals surface area contributed by atoms with Gasteiger partial charge in [0, 0.05) is 13.1 Å². The quantitative estimate of drug-likeness (QED) is 0.839. The molecule has 1 aromatic heterocycles. The molecule has 0 radical (unpaired) electrons. The molecule has 2 aromatic rings. The summed E-state index contributed by atoms with van der Waals surface area (Å²) in [5, 5.41) is 3.91. The third kappa shape index (κ3) is 4.67. The summed E-state index contributed by atoms with van der Waals surface area (Å²) in [4.78, 5) is 25.6. The number of nitrogens with two attached hydrogens (primary N) is 1. The minimum Gasteiger partial charge on any atom is -0.489 e. The van der Waals surface area contributed by atoms with Crippen LogP contribution in [0.4, 0.5) is 0 Å². The lowest BCUT2D eigenvalue weighted by Gasteiger charge is -2.31. The number of nitrogens with zero attached hydrogens (tertiary/aromatic N) is 2. The van der Waals surface area contributed by atoms with Crippen LogP contribution < -0.4 is 10.5 Å². The number of likely N-dealkylation sites (tertiary alicyclic amines) is 1. The van der Waals surface area contributed by atoms with Crippen molar-refractivity contribution < 1.29 is 18.8 Å². The van der Waals surface area contributed by atoms with Crippen molar-refractivity contribution in [1.82, 2.24) is 10.1 Å². The Hall–Kier alpha value is -2.83. The summed E-state index contributed by atoms with van der Waals surface area (Å²) >= 11 is 0. The zero-order chi connectivity index (χ0) is 19.4. The fraction of sp³-hybridized carbons (Fsp3) is 0.450. The molecule has 0 bridgehead atoms. The first-order valence-electron chi connectivity index (χ1n) is 9.14. The second kappa shape index (κ2) is 8.24. The van der Waals surface area contributed by atoms with Crippen LogP contribution in [-0.4, -0.2) is 35.0 Å². The third-order valence-corrected chi connectivity index (χ3v) is 5.02. The smallest absolute Gasteiger partial charge is 0.227 e. The molecule has 27 heavy (non-hydrogen) atoms. The molecule has 1 fully saturated rings. The van der Waals surface area contributed by atoms with E-state index in [0.29, 0.717) is 26.1 Å². The zero-order valence-corrected chi connectivity index (χ0v) is 15.7. The molecular formula is C20H25N3O4. The Labute approximate surface area is 158 Å². The molecule has 7 heteroatoms. The van der Waals surface area contributed by atoms with Gasteiger partial charge >= 0.3 is 0 Å². The van der Waals surface area contributed by atoms with Gasteiger partial charge in [-0.25, -0.2) is 0 Å². The summed E-state index contributed by atoms with van der Waals surface area (Å²) in [6.07, 6.45) is 1.87. The Kier molecular flexibility index (Phi) is 5.78. The van der Waals surface area contributed by atoms with Gasteiger partial charge in [0.15, 0.2) is 0 Å². The van der Waals surface area contributed by atoms with Crippen LogP contribution in [0.15, 0.2) is 28.8 Å². The highest BCUT2D eigenvalue weighted by atomic mass is 16.5. The van der Waals surface area contributed by atoms with Gasteiger partial charge in [0.1, 0.15) is 18.1 Å². The number of aryl methyl sites for hydroxylation is 2. The lowest BCUT2D eigenvalue weighted by molar-refractivity contribution is -0.134. The molecule has 2 heterocycles. The highest BCUT2D eigenvalue weighted by Crippen LogP contribution is 2.20. The fourth-order valence-corrected chi connectivity index (χ4v) is 3.29. The first-order valence-corrected chi connectivity index (χ1v) is 9.14. The van der Waals surface area contributed by atoms with E-state index in [0.717, 1.165) is 41.2 Å². The molecule has 0 saturated carbocycles. The van der Waals surface area contributed by atoms with Gasteiger partial charge in [-0.1, -0.05) is 17.3 Å². The predicted octanol–water partition coefficient (Wildman–Crippen LogP) is 2.14. The standard InChI is InChI=1S/C20H25N3O4/c1-13-18(14(2)27-22-13)12-26-17-7-5-15(6-8-17)10-19(24)23-9-3-4-16(11-23)20(21)25/h5-8,16H,3-4,9-12H2,1-2H3,(H2,21,25). The lowest BCUT2D eigenvalue weighted by atomic mass is 9.97. The average Bonchev–Trinajstić information content (AvgIpc) is 2.99. The van der Waals surface area contributed by atoms with Gasteiger partial charge in [-0.15, -0.1) is 0 Å². The number of aromatic nitrogens is 1. The number of rotatable bonds is 6. The Morgan fingerprint density at radius 1 is 1.30 bits per heavy atom. The highest BCUT2D eigenvalue weighted by Gasteiger charge is 2.26. The van der Waals surface area contributed by atoms with Crippen molar-refractivity contribution in [3.63, 3.8) is 0 Å². The van der Waals surface area contributed by atoms with Crippen molar-refractivity contribution in [3.05, 3.63) is 46.8 Å². The summed E-state index contributed by atoms with van der Waals surface area (Å²) in [6, 6.07) is 7.47. The zero-order valence-electron chi connectivity index (χ0n) is 15.7. The lowest BCUT2D eigenvalue weighted by Crippen LogP contribution is -2.44. The molecule has 7 nitrogen and oxygen atoms in total. The number of carbonyl (C=O) groups excluding carboxylic acids is 2. The Bertz CT molecular complexity index is 794. The molecule has 0 spiro atoms. The number of piperidine rings is 1. The molecule has 2 amide bonds. The number of primary amides is 1. The molecule has 1 unspecified atom stereocenters. The van der Waals surface area contributed by atoms with E-state index in [1.54, 1.807) is 4.90 Å². The minimum atomic E-state index is -0.327. The predicted molar refractivity (Wildman–Crippen MR) is 99.0 cm³/mol. The normalized spacial score (nSPS) is 17.0. The van der Waals surface area contributed by atoms with E-state index < -0.39 is 0 Å². The second-order valence-corrected chi connectivity index (χ2v) is 6.99. The molecule has 3 rings (SSSR count). The number of hydrogen-bond donors (Lipinski definition) is 1. The number of ether oxygens (including phenoxy) is 1. The molecule has 1 aliphatic heterocycles. The van der Waals surface area contributed by atoms with Gasteiger partial charge in [-0.2, -0.15) is 0 Å². The molecule has 2 N–H and O–H groups in total. The molecule has 1 saturated heterocycles. The van der Waals surface area contributed by atoms with Gasteiger partial charge in [0.05, 0.1) is 23.6 Å². The SMILES string of the molecule is Cc1noc(C)c1COc1ccc(CC(=O)N2CCCC(C(N)=O)C2)cc1. The first-order chi connectivity index (χ1) is 12.9. The van der Waals surface area contributed by atoms with E-state index in [2.05, 4.69) is 5.16 Å². The maximum Gasteiger partial charge on any atom is 0.227 e. The number of carbonyl (C=O) groups is 2. The van der Waals surface area contributed by atoms with Gasteiger partial charge in [0.25, 0.3) is 0 Å². The van der Waals surface area contributed by atoms with E-state index >= 15 is 0 Å². The summed E-state index contributed by atoms with van der Waals surface area (Å²) in [7, 11) is 0. The van der Waals surface area contributed by atoms with Crippen LogP contribution in [0.5, 0.6) is 5.75 Å². The molecule has 1 aliphatic rings. The monoisotopic (exact) mass is 371 g/mol. The van der Waals surface area contributed by atoms with Crippen LogP contribution in [0, 0.1) is 19.8 Å². The van der Waals surface area contributed by atoms with Crippen LogP contribution in [-0.2, 0) is 22.6 Å². The maximum atomic E-state index is 12.5. The summed E-state index contributed by atoms with van der Waals surface area (Å²) < 4.78 is 10.9. The van der Waals surface area contributed by atoms with Crippen molar-refractivity contribution in [2.24, 2.45) is 11.7 Å². The van der Waals surface area contributed by atoms with Crippen molar-refractivity contribution >= 4 is 11.8 Å². The Morgan fingerprint density at radius 2 is 2.04 bits per heavy atom.